The Morgan fingerprint density at radius 2 is 2.00 bits per heavy atom. The summed E-state index contributed by atoms with van der Waals surface area (Å²) in [5.41, 5.74) is 0. The van der Waals surface area contributed by atoms with Crippen molar-refractivity contribution in [2.24, 2.45) is 5.92 Å². The van der Waals surface area contributed by atoms with Gasteiger partial charge in [0.05, 0.1) is 18.9 Å². The van der Waals surface area contributed by atoms with Crippen molar-refractivity contribution >= 4 is 17.9 Å². The Morgan fingerprint density at radius 1 is 1.35 bits per heavy atom. The minimum Gasteiger partial charge on any atom is -0.466 e. The second-order valence-electron chi connectivity index (χ2n) is 3.62. The monoisotopic (exact) mass is 242 g/mol. The molecular formula is C12H18O5. The summed E-state index contributed by atoms with van der Waals surface area (Å²) >= 11 is 0. The van der Waals surface area contributed by atoms with Crippen molar-refractivity contribution in [3.05, 3.63) is 12.7 Å². The third-order valence-corrected chi connectivity index (χ3v) is 2.00. The molecule has 0 saturated carbocycles. The lowest BCUT2D eigenvalue weighted by Crippen LogP contribution is -2.21. The Labute approximate surface area is 101 Å². The molecule has 0 aromatic rings. The SMILES string of the molecule is C=CC(=O)OC(=O)C(C)CC(=O)OCCCC. The van der Waals surface area contributed by atoms with Gasteiger partial charge in [-0.1, -0.05) is 26.8 Å². The number of unbranched alkanes of at least 4 members (excludes halogenated alkanes) is 1. The zero-order valence-electron chi connectivity index (χ0n) is 10.2. The topological polar surface area (TPSA) is 69.7 Å². The standard InChI is InChI=1S/C12H18O5/c1-4-6-7-16-11(14)8-9(3)12(15)17-10(13)5-2/h5,9H,2,4,6-8H2,1,3H3. The number of hydrogen-bond acceptors (Lipinski definition) is 5. The van der Waals surface area contributed by atoms with Gasteiger partial charge in [-0.2, -0.15) is 0 Å². The summed E-state index contributed by atoms with van der Waals surface area (Å²) in [6, 6.07) is 0. The fraction of sp³-hybridized carbons (Fsp3) is 0.583. The molecule has 1 unspecified atom stereocenters. The van der Waals surface area contributed by atoms with E-state index in [4.69, 9.17) is 4.74 Å². The zero-order valence-corrected chi connectivity index (χ0v) is 10.2. The molecule has 0 rings (SSSR count). The lowest BCUT2D eigenvalue weighted by Gasteiger charge is -2.09. The van der Waals surface area contributed by atoms with Crippen molar-refractivity contribution in [2.75, 3.05) is 6.61 Å². The minimum absolute atomic E-state index is 0.0903. The van der Waals surface area contributed by atoms with E-state index in [1.807, 2.05) is 6.92 Å². The predicted octanol–water partition coefficient (Wildman–Crippen LogP) is 1.61. The highest BCUT2D eigenvalue weighted by molar-refractivity contribution is 5.93. The summed E-state index contributed by atoms with van der Waals surface area (Å²) in [4.78, 5) is 33.3. The largest absolute Gasteiger partial charge is 0.466 e. The third-order valence-electron chi connectivity index (χ3n) is 2.00. The molecule has 17 heavy (non-hydrogen) atoms. The molecule has 0 bridgehead atoms. The first-order valence-corrected chi connectivity index (χ1v) is 5.55. The van der Waals surface area contributed by atoms with Gasteiger partial charge >= 0.3 is 17.9 Å². The van der Waals surface area contributed by atoms with Crippen molar-refractivity contribution in [3.63, 3.8) is 0 Å². The van der Waals surface area contributed by atoms with E-state index in [1.165, 1.54) is 6.92 Å². The summed E-state index contributed by atoms with van der Waals surface area (Å²) in [7, 11) is 0. The molecule has 0 amide bonds. The van der Waals surface area contributed by atoms with Crippen LogP contribution in [0, 0.1) is 5.92 Å². The van der Waals surface area contributed by atoms with Crippen LogP contribution < -0.4 is 0 Å². The maximum Gasteiger partial charge on any atom is 0.337 e. The number of ether oxygens (including phenoxy) is 2. The summed E-state index contributed by atoms with van der Waals surface area (Å²) in [5, 5.41) is 0. The van der Waals surface area contributed by atoms with Gasteiger partial charge in [0.25, 0.3) is 0 Å². The van der Waals surface area contributed by atoms with Crippen molar-refractivity contribution < 1.29 is 23.9 Å². The van der Waals surface area contributed by atoms with E-state index in [-0.39, 0.29) is 6.42 Å². The van der Waals surface area contributed by atoms with E-state index in [2.05, 4.69) is 11.3 Å². The van der Waals surface area contributed by atoms with Crippen LogP contribution in [0.15, 0.2) is 12.7 Å². The molecule has 0 saturated heterocycles. The van der Waals surface area contributed by atoms with Crippen LogP contribution in [0.3, 0.4) is 0 Å². The van der Waals surface area contributed by atoms with Crippen LogP contribution in [0.5, 0.6) is 0 Å². The Bertz CT molecular complexity index is 295. The smallest absolute Gasteiger partial charge is 0.337 e. The molecule has 0 aromatic heterocycles. The number of rotatable bonds is 7. The quantitative estimate of drug-likeness (QED) is 0.293. The van der Waals surface area contributed by atoms with E-state index in [0.717, 1.165) is 18.9 Å². The highest BCUT2D eigenvalue weighted by atomic mass is 16.6. The maximum atomic E-state index is 11.3. The van der Waals surface area contributed by atoms with Crippen molar-refractivity contribution in [1.29, 1.82) is 0 Å². The van der Waals surface area contributed by atoms with Crippen molar-refractivity contribution in [1.82, 2.24) is 0 Å². The molecule has 0 aromatic carbocycles. The van der Waals surface area contributed by atoms with Gasteiger partial charge in [-0.25, -0.2) is 4.79 Å². The first kappa shape index (κ1) is 15.3. The highest BCUT2D eigenvalue weighted by Gasteiger charge is 2.20. The molecule has 0 fully saturated rings. The molecule has 0 heterocycles. The third kappa shape index (κ3) is 7.27. The molecule has 0 spiro atoms. The first-order valence-electron chi connectivity index (χ1n) is 5.55. The molecular weight excluding hydrogens is 224 g/mol. The van der Waals surface area contributed by atoms with Crippen LogP contribution in [-0.4, -0.2) is 24.5 Å². The van der Waals surface area contributed by atoms with Crippen LogP contribution in [0.25, 0.3) is 0 Å². The van der Waals surface area contributed by atoms with E-state index in [1.54, 1.807) is 0 Å². The van der Waals surface area contributed by atoms with E-state index in [0.29, 0.717) is 6.61 Å². The number of carbonyl (C=O) groups is 3. The number of carbonyl (C=O) groups excluding carboxylic acids is 3. The second kappa shape index (κ2) is 8.50. The van der Waals surface area contributed by atoms with Crippen LogP contribution in [0.1, 0.15) is 33.1 Å². The Morgan fingerprint density at radius 3 is 2.53 bits per heavy atom. The molecule has 0 N–H and O–H groups in total. The Hall–Kier alpha value is -1.65. The van der Waals surface area contributed by atoms with E-state index >= 15 is 0 Å². The molecule has 0 aliphatic rings. The van der Waals surface area contributed by atoms with E-state index < -0.39 is 23.8 Å². The lowest BCUT2D eigenvalue weighted by molar-refractivity contribution is -0.162. The van der Waals surface area contributed by atoms with Gasteiger partial charge in [0, 0.05) is 6.08 Å². The van der Waals surface area contributed by atoms with Gasteiger partial charge in [-0.3, -0.25) is 9.59 Å². The van der Waals surface area contributed by atoms with Crippen molar-refractivity contribution in [3.8, 4) is 0 Å². The Kier molecular flexibility index (Phi) is 7.67. The summed E-state index contributed by atoms with van der Waals surface area (Å²) in [6.07, 6.45) is 2.52. The van der Waals surface area contributed by atoms with Gasteiger partial charge in [0.15, 0.2) is 0 Å². The zero-order chi connectivity index (χ0) is 13.3. The second-order valence-corrected chi connectivity index (χ2v) is 3.62. The van der Waals surface area contributed by atoms with Gasteiger partial charge in [0.1, 0.15) is 0 Å². The number of esters is 3. The molecule has 5 heteroatoms. The van der Waals surface area contributed by atoms with Crippen LogP contribution in [0.2, 0.25) is 0 Å². The fourth-order valence-electron chi connectivity index (χ4n) is 0.964. The summed E-state index contributed by atoms with van der Waals surface area (Å²) in [5.74, 6) is -2.73. The van der Waals surface area contributed by atoms with Gasteiger partial charge in [0.2, 0.25) is 0 Å². The first-order chi connectivity index (χ1) is 8.01. The Balaban J connectivity index is 3.94. The molecule has 1 atom stereocenters. The molecule has 5 nitrogen and oxygen atoms in total. The van der Waals surface area contributed by atoms with Gasteiger partial charge < -0.3 is 9.47 Å². The maximum absolute atomic E-state index is 11.3. The van der Waals surface area contributed by atoms with E-state index in [9.17, 15) is 14.4 Å². The molecule has 0 radical (unpaired) electrons. The number of hydrogen-bond donors (Lipinski definition) is 0. The van der Waals surface area contributed by atoms with Gasteiger partial charge in [-0.15, -0.1) is 0 Å². The lowest BCUT2D eigenvalue weighted by atomic mass is 10.1. The van der Waals surface area contributed by atoms with Crippen LogP contribution in [0.4, 0.5) is 0 Å². The fourth-order valence-corrected chi connectivity index (χ4v) is 0.964. The normalized spacial score (nSPS) is 11.4. The average Bonchev–Trinajstić information content (AvgIpc) is 2.28. The summed E-state index contributed by atoms with van der Waals surface area (Å²) in [6.45, 7) is 7.00. The van der Waals surface area contributed by atoms with Crippen molar-refractivity contribution in [2.45, 2.75) is 33.1 Å². The van der Waals surface area contributed by atoms with Gasteiger partial charge in [-0.05, 0) is 6.42 Å². The molecule has 96 valence electrons. The molecule has 0 aliphatic heterocycles. The minimum atomic E-state index is -0.818. The van der Waals surface area contributed by atoms with Crippen LogP contribution in [-0.2, 0) is 23.9 Å². The predicted molar refractivity (Wildman–Crippen MR) is 60.9 cm³/mol. The highest BCUT2D eigenvalue weighted by Crippen LogP contribution is 2.07. The average molecular weight is 242 g/mol. The van der Waals surface area contributed by atoms with Crippen LogP contribution >= 0.6 is 0 Å². The summed E-state index contributed by atoms with van der Waals surface area (Å²) < 4.78 is 9.27. The molecule has 0 aliphatic carbocycles.